The Kier molecular flexibility index (Phi) is 7.31. The first-order valence-electron chi connectivity index (χ1n) is 6.83. The molecule has 1 aromatic heterocycles. The highest BCUT2D eigenvalue weighted by Crippen LogP contribution is 2.22. The van der Waals surface area contributed by atoms with Crippen LogP contribution >= 0.6 is 23.7 Å². The summed E-state index contributed by atoms with van der Waals surface area (Å²) in [5, 5.41) is 5.32. The molecule has 2 rings (SSSR count). The molecule has 1 heterocycles. The van der Waals surface area contributed by atoms with Gasteiger partial charge in [0.15, 0.2) is 0 Å². The molecule has 7 heteroatoms. The maximum absolute atomic E-state index is 12.1. The van der Waals surface area contributed by atoms with E-state index in [1.807, 2.05) is 25.1 Å². The number of rotatable bonds is 6. The van der Waals surface area contributed by atoms with E-state index in [1.54, 1.807) is 5.38 Å². The smallest absolute Gasteiger partial charge is 0.275 e. The van der Waals surface area contributed by atoms with Gasteiger partial charge in [0.1, 0.15) is 16.5 Å². The summed E-state index contributed by atoms with van der Waals surface area (Å²) in [4.78, 5) is 16.3. The van der Waals surface area contributed by atoms with E-state index in [2.05, 4.69) is 17.2 Å². The molecule has 0 aliphatic rings. The second-order valence-electron chi connectivity index (χ2n) is 4.61. The van der Waals surface area contributed by atoms with E-state index in [0.717, 1.165) is 28.4 Å². The molecular formula is C15H20ClN3O2S. The van der Waals surface area contributed by atoms with Crippen LogP contribution in [-0.4, -0.2) is 17.5 Å². The topological polar surface area (TPSA) is 77.2 Å². The lowest BCUT2D eigenvalue weighted by Crippen LogP contribution is -2.13. The number of nitrogens with two attached hydrogens (primary N) is 1. The van der Waals surface area contributed by atoms with Gasteiger partial charge in [-0.2, -0.15) is 0 Å². The van der Waals surface area contributed by atoms with Gasteiger partial charge in [0.05, 0.1) is 6.61 Å². The SMILES string of the molecule is CCCOc1ccc(NC(=O)c2csc(CN)n2)c(C)c1.Cl. The molecule has 5 nitrogen and oxygen atoms in total. The van der Waals surface area contributed by atoms with Crippen LogP contribution in [0.3, 0.4) is 0 Å². The van der Waals surface area contributed by atoms with Gasteiger partial charge in [-0.05, 0) is 37.1 Å². The van der Waals surface area contributed by atoms with Crippen molar-refractivity contribution in [2.75, 3.05) is 11.9 Å². The molecule has 0 aliphatic heterocycles. The van der Waals surface area contributed by atoms with Crippen LogP contribution in [0.1, 0.15) is 34.4 Å². The first-order chi connectivity index (χ1) is 10.1. The van der Waals surface area contributed by atoms with Crippen LogP contribution in [-0.2, 0) is 6.54 Å². The van der Waals surface area contributed by atoms with Crippen molar-refractivity contribution in [1.82, 2.24) is 4.98 Å². The monoisotopic (exact) mass is 341 g/mol. The Morgan fingerprint density at radius 1 is 1.45 bits per heavy atom. The molecule has 0 aliphatic carbocycles. The van der Waals surface area contributed by atoms with Crippen molar-refractivity contribution in [3.63, 3.8) is 0 Å². The number of carbonyl (C=O) groups is 1. The molecular weight excluding hydrogens is 322 g/mol. The lowest BCUT2D eigenvalue weighted by Gasteiger charge is -2.10. The molecule has 0 saturated carbocycles. The van der Waals surface area contributed by atoms with Crippen LogP contribution in [0.4, 0.5) is 5.69 Å². The summed E-state index contributed by atoms with van der Waals surface area (Å²) in [5.41, 5.74) is 7.60. The Bertz CT molecular complexity index is 631. The Morgan fingerprint density at radius 2 is 2.23 bits per heavy atom. The van der Waals surface area contributed by atoms with Crippen molar-refractivity contribution < 1.29 is 9.53 Å². The Morgan fingerprint density at radius 3 is 2.82 bits per heavy atom. The molecule has 0 unspecified atom stereocenters. The number of carbonyl (C=O) groups excluding carboxylic acids is 1. The molecule has 0 spiro atoms. The number of nitrogens with one attached hydrogen (secondary N) is 1. The van der Waals surface area contributed by atoms with Gasteiger partial charge in [-0.25, -0.2) is 4.98 Å². The fourth-order valence-corrected chi connectivity index (χ4v) is 2.44. The predicted octanol–water partition coefficient (Wildman–Crippen LogP) is 3.37. The van der Waals surface area contributed by atoms with E-state index in [9.17, 15) is 4.79 Å². The highest BCUT2D eigenvalue weighted by atomic mass is 35.5. The zero-order valence-electron chi connectivity index (χ0n) is 12.6. The Hall–Kier alpha value is -1.63. The van der Waals surface area contributed by atoms with Crippen molar-refractivity contribution in [1.29, 1.82) is 0 Å². The number of hydrogen-bond donors (Lipinski definition) is 2. The van der Waals surface area contributed by atoms with Gasteiger partial charge in [0.25, 0.3) is 5.91 Å². The first-order valence-corrected chi connectivity index (χ1v) is 7.71. The number of ether oxygens (including phenoxy) is 1. The average molecular weight is 342 g/mol. The molecule has 0 radical (unpaired) electrons. The summed E-state index contributed by atoms with van der Waals surface area (Å²) >= 11 is 1.39. The number of amides is 1. The fourth-order valence-electron chi connectivity index (χ4n) is 1.78. The molecule has 1 amide bonds. The van der Waals surface area contributed by atoms with E-state index in [-0.39, 0.29) is 18.3 Å². The van der Waals surface area contributed by atoms with Crippen LogP contribution in [0.5, 0.6) is 5.75 Å². The normalized spacial score (nSPS) is 9.95. The number of thiazole rings is 1. The lowest BCUT2D eigenvalue weighted by molar-refractivity contribution is 0.102. The van der Waals surface area contributed by atoms with Crippen LogP contribution in [0.25, 0.3) is 0 Å². The highest BCUT2D eigenvalue weighted by molar-refractivity contribution is 7.09. The standard InChI is InChI=1S/C15H19N3O2S.ClH/c1-3-6-20-11-4-5-12(10(2)7-11)18-15(19)13-9-21-14(8-16)17-13;/h4-5,7,9H,3,6,8,16H2,1-2H3,(H,18,19);1H. The van der Waals surface area contributed by atoms with Crippen LogP contribution in [0.2, 0.25) is 0 Å². The van der Waals surface area contributed by atoms with E-state index in [4.69, 9.17) is 10.5 Å². The van der Waals surface area contributed by atoms with E-state index in [0.29, 0.717) is 18.8 Å². The summed E-state index contributed by atoms with van der Waals surface area (Å²) in [6.45, 7) is 5.03. The number of hydrogen-bond acceptors (Lipinski definition) is 5. The first kappa shape index (κ1) is 18.4. The second kappa shape index (κ2) is 8.73. The quantitative estimate of drug-likeness (QED) is 0.844. The number of aromatic nitrogens is 1. The molecule has 0 fully saturated rings. The van der Waals surface area contributed by atoms with Crippen molar-refractivity contribution in [3.05, 3.63) is 39.8 Å². The summed E-state index contributed by atoms with van der Waals surface area (Å²) in [6, 6.07) is 5.61. The zero-order chi connectivity index (χ0) is 15.2. The molecule has 22 heavy (non-hydrogen) atoms. The van der Waals surface area contributed by atoms with Gasteiger partial charge in [0.2, 0.25) is 0 Å². The van der Waals surface area contributed by atoms with Crippen molar-refractivity contribution in [3.8, 4) is 5.75 Å². The van der Waals surface area contributed by atoms with Gasteiger partial charge in [-0.1, -0.05) is 6.92 Å². The second-order valence-corrected chi connectivity index (χ2v) is 5.55. The van der Waals surface area contributed by atoms with Crippen LogP contribution in [0, 0.1) is 6.92 Å². The summed E-state index contributed by atoms with van der Waals surface area (Å²) in [5.74, 6) is 0.586. The van der Waals surface area contributed by atoms with Gasteiger partial charge < -0.3 is 15.8 Å². The maximum atomic E-state index is 12.1. The highest BCUT2D eigenvalue weighted by Gasteiger charge is 2.12. The number of aryl methyl sites for hydroxylation is 1. The van der Waals surface area contributed by atoms with Gasteiger partial charge in [-0.3, -0.25) is 4.79 Å². The summed E-state index contributed by atoms with van der Waals surface area (Å²) < 4.78 is 5.56. The largest absolute Gasteiger partial charge is 0.494 e. The molecule has 0 saturated heterocycles. The van der Waals surface area contributed by atoms with E-state index < -0.39 is 0 Å². The number of benzene rings is 1. The van der Waals surface area contributed by atoms with Gasteiger partial charge >= 0.3 is 0 Å². The fraction of sp³-hybridized carbons (Fsp3) is 0.333. The lowest BCUT2D eigenvalue weighted by atomic mass is 10.2. The summed E-state index contributed by atoms with van der Waals surface area (Å²) in [6.07, 6.45) is 0.963. The van der Waals surface area contributed by atoms with E-state index >= 15 is 0 Å². The van der Waals surface area contributed by atoms with E-state index in [1.165, 1.54) is 11.3 Å². The minimum absolute atomic E-state index is 0. The average Bonchev–Trinajstić information content (AvgIpc) is 2.96. The minimum atomic E-state index is -0.226. The third kappa shape index (κ3) is 4.69. The molecule has 0 atom stereocenters. The van der Waals surface area contributed by atoms with Crippen molar-refractivity contribution >= 4 is 35.3 Å². The zero-order valence-corrected chi connectivity index (χ0v) is 14.2. The number of halogens is 1. The molecule has 120 valence electrons. The number of anilines is 1. The Balaban J connectivity index is 0.00000242. The van der Waals surface area contributed by atoms with Crippen LogP contribution in [0.15, 0.2) is 23.6 Å². The molecule has 0 bridgehead atoms. The third-order valence-corrected chi connectivity index (χ3v) is 3.75. The minimum Gasteiger partial charge on any atom is -0.494 e. The molecule has 3 N–H and O–H groups in total. The van der Waals surface area contributed by atoms with Gasteiger partial charge in [-0.15, -0.1) is 23.7 Å². The molecule has 1 aromatic carbocycles. The third-order valence-electron chi connectivity index (χ3n) is 2.88. The van der Waals surface area contributed by atoms with Crippen LogP contribution < -0.4 is 15.8 Å². The summed E-state index contributed by atoms with van der Waals surface area (Å²) in [7, 11) is 0. The number of nitrogens with zero attached hydrogens (tertiary/aromatic N) is 1. The Labute approximate surface area is 140 Å². The van der Waals surface area contributed by atoms with Gasteiger partial charge in [0, 0.05) is 17.6 Å². The van der Waals surface area contributed by atoms with Crippen molar-refractivity contribution in [2.45, 2.75) is 26.8 Å². The van der Waals surface area contributed by atoms with Crippen molar-refractivity contribution in [2.24, 2.45) is 5.73 Å². The predicted molar refractivity (Wildman–Crippen MR) is 92.2 cm³/mol. The maximum Gasteiger partial charge on any atom is 0.275 e. The molecule has 2 aromatic rings.